The first kappa shape index (κ1) is 11.4. The molecule has 2 aliphatic carbocycles. The zero-order valence-corrected chi connectivity index (χ0v) is 9.82. The molecule has 0 atom stereocenters. The third-order valence-electron chi connectivity index (χ3n) is 3.99. The fraction of sp³-hybridized carbons (Fsp3) is 1.00. The average molecular weight is 212 g/mol. The second-order valence-electron chi connectivity index (χ2n) is 5.45. The third kappa shape index (κ3) is 3.46. The summed E-state index contributed by atoms with van der Waals surface area (Å²) in [7, 11) is 0. The molecule has 0 unspecified atom stereocenters. The summed E-state index contributed by atoms with van der Waals surface area (Å²) in [6.45, 7) is 2.34. The lowest BCUT2D eigenvalue weighted by Crippen LogP contribution is -2.30. The third-order valence-corrected chi connectivity index (χ3v) is 3.99. The minimum Gasteiger partial charge on any atom is -0.393 e. The number of hydrogen-bond donors (Lipinski definition) is 1. The summed E-state index contributed by atoms with van der Waals surface area (Å²) < 4.78 is 6.12. The minimum absolute atomic E-state index is 0.0590. The van der Waals surface area contributed by atoms with Crippen LogP contribution in [0.2, 0.25) is 0 Å². The highest BCUT2D eigenvalue weighted by molar-refractivity contribution is 4.76. The van der Waals surface area contributed by atoms with Crippen LogP contribution in [0.4, 0.5) is 0 Å². The highest BCUT2D eigenvalue weighted by Crippen LogP contribution is 2.29. The monoisotopic (exact) mass is 212 g/mol. The van der Waals surface area contributed by atoms with Crippen LogP contribution < -0.4 is 0 Å². The Morgan fingerprint density at radius 2 is 1.27 bits per heavy atom. The van der Waals surface area contributed by atoms with Gasteiger partial charge < -0.3 is 9.84 Å². The van der Waals surface area contributed by atoms with Gasteiger partial charge in [-0.3, -0.25) is 0 Å². The summed E-state index contributed by atoms with van der Waals surface area (Å²) in [5.74, 6) is 0.901. The Labute approximate surface area is 93.0 Å². The van der Waals surface area contributed by atoms with Gasteiger partial charge in [-0.2, -0.15) is 0 Å². The molecule has 15 heavy (non-hydrogen) atoms. The number of rotatable bonds is 2. The van der Waals surface area contributed by atoms with Crippen LogP contribution >= 0.6 is 0 Å². The van der Waals surface area contributed by atoms with Crippen molar-refractivity contribution in [3.05, 3.63) is 0 Å². The van der Waals surface area contributed by atoms with E-state index in [1.807, 2.05) is 0 Å². The van der Waals surface area contributed by atoms with Gasteiger partial charge in [0.1, 0.15) is 0 Å². The van der Waals surface area contributed by atoms with E-state index in [4.69, 9.17) is 4.74 Å². The Balaban J connectivity index is 1.68. The van der Waals surface area contributed by atoms with Crippen LogP contribution in [0.3, 0.4) is 0 Å². The molecule has 0 spiro atoms. The van der Waals surface area contributed by atoms with Crippen molar-refractivity contribution in [2.75, 3.05) is 0 Å². The van der Waals surface area contributed by atoms with Crippen molar-refractivity contribution >= 4 is 0 Å². The number of hydrogen-bond acceptors (Lipinski definition) is 2. The molecule has 2 rings (SSSR count). The van der Waals surface area contributed by atoms with Crippen LogP contribution in [0.25, 0.3) is 0 Å². The van der Waals surface area contributed by atoms with E-state index in [-0.39, 0.29) is 6.10 Å². The quantitative estimate of drug-likeness (QED) is 0.762. The molecule has 0 amide bonds. The van der Waals surface area contributed by atoms with Crippen LogP contribution in [0, 0.1) is 5.92 Å². The molecular formula is C13H24O2. The van der Waals surface area contributed by atoms with E-state index >= 15 is 0 Å². The maximum atomic E-state index is 9.41. The summed E-state index contributed by atoms with van der Waals surface area (Å²) in [6.07, 6.45) is 10.1. The van der Waals surface area contributed by atoms with Gasteiger partial charge in [-0.25, -0.2) is 0 Å². The van der Waals surface area contributed by atoms with Crippen molar-refractivity contribution in [3.63, 3.8) is 0 Å². The molecule has 2 nitrogen and oxygen atoms in total. The second-order valence-corrected chi connectivity index (χ2v) is 5.45. The molecule has 0 radical (unpaired) electrons. The molecule has 0 aromatic carbocycles. The zero-order chi connectivity index (χ0) is 10.7. The smallest absolute Gasteiger partial charge is 0.0580 e. The van der Waals surface area contributed by atoms with Crippen molar-refractivity contribution in [1.29, 1.82) is 0 Å². The van der Waals surface area contributed by atoms with Crippen LogP contribution in [0.1, 0.15) is 58.3 Å². The standard InChI is InChI=1S/C13H24O2/c1-10-2-6-12(7-3-10)15-13-8-4-11(14)5-9-13/h10-14H,2-9H2,1H3. The molecule has 88 valence electrons. The highest BCUT2D eigenvalue weighted by Gasteiger charge is 2.25. The first-order valence-electron chi connectivity index (χ1n) is 6.57. The van der Waals surface area contributed by atoms with Crippen LogP contribution in [0.15, 0.2) is 0 Å². The maximum absolute atomic E-state index is 9.41. The molecule has 2 aliphatic rings. The predicted octanol–water partition coefficient (Wildman–Crippen LogP) is 2.89. The number of aliphatic hydroxyl groups is 1. The summed E-state index contributed by atoms with van der Waals surface area (Å²) in [6, 6.07) is 0. The molecule has 2 saturated carbocycles. The van der Waals surface area contributed by atoms with E-state index in [1.165, 1.54) is 25.7 Å². The van der Waals surface area contributed by atoms with Crippen LogP contribution in [-0.4, -0.2) is 23.4 Å². The Kier molecular flexibility index (Phi) is 4.04. The Bertz CT molecular complexity index is 157. The number of ether oxygens (including phenoxy) is 1. The lowest BCUT2D eigenvalue weighted by molar-refractivity contribution is -0.0640. The van der Waals surface area contributed by atoms with Crippen molar-refractivity contribution < 1.29 is 9.84 Å². The maximum Gasteiger partial charge on any atom is 0.0580 e. The van der Waals surface area contributed by atoms with Gasteiger partial charge in [0.2, 0.25) is 0 Å². The van der Waals surface area contributed by atoms with Gasteiger partial charge in [0.25, 0.3) is 0 Å². The SMILES string of the molecule is CC1CCC(OC2CCC(O)CC2)CC1. The lowest BCUT2D eigenvalue weighted by atomic mass is 9.88. The Hall–Kier alpha value is -0.0800. The van der Waals surface area contributed by atoms with Crippen molar-refractivity contribution in [3.8, 4) is 0 Å². The molecule has 0 aromatic heterocycles. The normalized spacial score (nSPS) is 42.8. The van der Waals surface area contributed by atoms with Gasteiger partial charge in [-0.1, -0.05) is 6.92 Å². The van der Waals surface area contributed by atoms with Gasteiger partial charge in [-0.05, 0) is 57.3 Å². The lowest BCUT2D eigenvalue weighted by Gasteiger charge is -2.32. The fourth-order valence-corrected chi connectivity index (χ4v) is 2.82. The van der Waals surface area contributed by atoms with Gasteiger partial charge in [0, 0.05) is 0 Å². The van der Waals surface area contributed by atoms with E-state index in [9.17, 15) is 5.11 Å². The first-order chi connectivity index (χ1) is 7.24. The van der Waals surface area contributed by atoms with Gasteiger partial charge in [0.15, 0.2) is 0 Å². The Morgan fingerprint density at radius 3 is 1.80 bits per heavy atom. The van der Waals surface area contributed by atoms with Crippen molar-refractivity contribution in [2.24, 2.45) is 5.92 Å². The molecule has 0 aliphatic heterocycles. The van der Waals surface area contributed by atoms with Crippen molar-refractivity contribution in [1.82, 2.24) is 0 Å². The van der Waals surface area contributed by atoms with Crippen molar-refractivity contribution in [2.45, 2.75) is 76.6 Å². The summed E-state index contributed by atoms with van der Waals surface area (Å²) >= 11 is 0. The van der Waals surface area contributed by atoms with Crippen LogP contribution in [-0.2, 0) is 4.74 Å². The summed E-state index contributed by atoms with van der Waals surface area (Å²) in [4.78, 5) is 0. The van der Waals surface area contributed by atoms with E-state index < -0.39 is 0 Å². The predicted molar refractivity (Wildman–Crippen MR) is 60.8 cm³/mol. The van der Waals surface area contributed by atoms with Gasteiger partial charge >= 0.3 is 0 Å². The molecule has 2 heteroatoms. The molecular weight excluding hydrogens is 188 g/mol. The van der Waals surface area contributed by atoms with Gasteiger partial charge in [0.05, 0.1) is 18.3 Å². The average Bonchev–Trinajstić information content (AvgIpc) is 2.25. The molecule has 2 fully saturated rings. The number of aliphatic hydroxyl groups excluding tert-OH is 1. The van der Waals surface area contributed by atoms with E-state index in [0.29, 0.717) is 12.2 Å². The van der Waals surface area contributed by atoms with Gasteiger partial charge in [-0.15, -0.1) is 0 Å². The first-order valence-corrected chi connectivity index (χ1v) is 6.57. The minimum atomic E-state index is -0.0590. The molecule has 0 saturated heterocycles. The highest BCUT2D eigenvalue weighted by atomic mass is 16.5. The van der Waals surface area contributed by atoms with E-state index in [2.05, 4.69) is 6.92 Å². The fourth-order valence-electron chi connectivity index (χ4n) is 2.82. The summed E-state index contributed by atoms with van der Waals surface area (Å²) in [5.41, 5.74) is 0. The van der Waals surface area contributed by atoms with Crippen LogP contribution in [0.5, 0.6) is 0 Å². The molecule has 1 N–H and O–H groups in total. The zero-order valence-electron chi connectivity index (χ0n) is 9.82. The molecule has 0 heterocycles. The summed E-state index contributed by atoms with van der Waals surface area (Å²) in [5, 5.41) is 9.41. The largest absolute Gasteiger partial charge is 0.393 e. The molecule has 0 bridgehead atoms. The van der Waals surface area contributed by atoms with E-state index in [0.717, 1.165) is 31.6 Å². The topological polar surface area (TPSA) is 29.5 Å². The second kappa shape index (κ2) is 5.31. The van der Waals surface area contributed by atoms with E-state index in [1.54, 1.807) is 0 Å². The molecule has 0 aromatic rings. The Morgan fingerprint density at radius 1 is 0.800 bits per heavy atom.